The van der Waals surface area contributed by atoms with Crippen molar-refractivity contribution in [3.05, 3.63) is 91.5 Å². The van der Waals surface area contributed by atoms with Gasteiger partial charge in [-0.15, -0.1) is 0 Å². The normalized spacial score (nSPS) is 16.7. The summed E-state index contributed by atoms with van der Waals surface area (Å²) in [5, 5.41) is 39.6. The van der Waals surface area contributed by atoms with E-state index in [2.05, 4.69) is 31.5 Å². The number of rotatable bonds is 21. The van der Waals surface area contributed by atoms with Gasteiger partial charge in [-0.1, -0.05) is 29.8 Å². The first kappa shape index (κ1) is 46.4. The number of amides is 1. The van der Waals surface area contributed by atoms with E-state index in [4.69, 9.17) is 39.6 Å². The average Bonchev–Trinajstić information content (AvgIpc) is 3.84. The number of hydrogen-bond acceptors (Lipinski definition) is 18. The highest BCUT2D eigenvalue weighted by atomic mass is 35.5. The van der Waals surface area contributed by atoms with Gasteiger partial charge in [0.1, 0.15) is 25.3 Å². The minimum Gasteiger partial charge on any atom is -0.449 e. The van der Waals surface area contributed by atoms with Crippen LogP contribution in [-0.2, 0) is 40.8 Å². The van der Waals surface area contributed by atoms with Gasteiger partial charge in [0.05, 0.1) is 65.2 Å². The molecule has 3 heterocycles. The lowest BCUT2D eigenvalue weighted by atomic mass is 10.1. The van der Waals surface area contributed by atoms with Gasteiger partial charge in [-0.05, 0) is 39.3 Å². The number of nitro groups is 2. The summed E-state index contributed by atoms with van der Waals surface area (Å²) in [5.41, 5.74) is 1.18. The number of nitro benzene ring substituents is 2. The number of fused-ring (bicyclic) bond motifs is 1. The fourth-order valence-corrected chi connectivity index (χ4v) is 7.97. The molecule has 2 aromatic heterocycles. The summed E-state index contributed by atoms with van der Waals surface area (Å²) in [6.07, 6.45) is -1.11. The van der Waals surface area contributed by atoms with Crippen LogP contribution in [0.15, 0.2) is 55.1 Å². The van der Waals surface area contributed by atoms with Gasteiger partial charge in [0.15, 0.2) is 17.0 Å². The van der Waals surface area contributed by atoms with E-state index in [1.54, 1.807) is 16.7 Å². The summed E-state index contributed by atoms with van der Waals surface area (Å²) in [5.74, 6) is 0.0562. The molecule has 1 aliphatic heterocycles. The van der Waals surface area contributed by atoms with Gasteiger partial charge in [0.2, 0.25) is 0 Å². The van der Waals surface area contributed by atoms with Crippen molar-refractivity contribution in [1.29, 1.82) is 5.26 Å². The van der Waals surface area contributed by atoms with Crippen molar-refractivity contribution in [3.63, 3.8) is 0 Å². The third-order valence-electron chi connectivity index (χ3n) is 9.03. The molecule has 4 atom stereocenters. The zero-order valence-electron chi connectivity index (χ0n) is 33.5. The first-order chi connectivity index (χ1) is 29.2. The van der Waals surface area contributed by atoms with E-state index in [1.807, 2.05) is 32.7 Å². The molecule has 22 nitrogen and oxygen atoms in total. The molecule has 61 heavy (non-hydrogen) atoms. The first-order valence-electron chi connectivity index (χ1n) is 19.0. The van der Waals surface area contributed by atoms with Crippen molar-refractivity contribution >= 4 is 60.7 Å². The number of non-ortho nitro benzene ring substituents is 1. The molecule has 326 valence electrons. The number of nitrogens with zero attached hydrogens (tertiary/aromatic N) is 8. The van der Waals surface area contributed by atoms with Crippen LogP contribution in [0.4, 0.5) is 26.8 Å². The van der Waals surface area contributed by atoms with Crippen LogP contribution < -0.4 is 10.5 Å². The standard InChI is InChI=1S/C37H44ClN10O12P/c1-23(2)46(24(3)4)44-61(58-16-6-15-39)60-30-19-32(59-31(30)20-57-37(50)56-18-14-27-28(38)7-5-8-29(27)48(53)54)45-22-42-33-34(40-21-41-35(33)45)43-36(49)55-17-13-25-9-11-26(12-10-25)47(51)52/h5,7-12,21-24,30-32,44H,6,13-14,16-20H2,1-4H3,(H,40,41,43,49)/t30-,31+,32+,61?/m0/s1. The molecule has 24 heteroatoms. The molecule has 0 spiro atoms. The highest BCUT2D eigenvalue weighted by Crippen LogP contribution is 2.43. The number of hydrogen-bond donors (Lipinski definition) is 2. The number of carbonyl (C=O) groups excluding carboxylic acids is 2. The Kier molecular flexibility index (Phi) is 16.9. The van der Waals surface area contributed by atoms with Crippen LogP contribution in [0.3, 0.4) is 0 Å². The lowest BCUT2D eigenvalue weighted by Gasteiger charge is -2.34. The third kappa shape index (κ3) is 12.9. The summed E-state index contributed by atoms with van der Waals surface area (Å²) in [4.78, 5) is 59.8. The second-order valence-electron chi connectivity index (χ2n) is 13.8. The number of benzene rings is 2. The average molecular weight is 887 g/mol. The predicted octanol–water partition coefficient (Wildman–Crippen LogP) is 6.94. The molecule has 0 bridgehead atoms. The summed E-state index contributed by atoms with van der Waals surface area (Å²) in [7, 11) is -1.87. The van der Waals surface area contributed by atoms with E-state index in [9.17, 15) is 35.1 Å². The number of imidazole rings is 1. The Morgan fingerprint density at radius 2 is 1.75 bits per heavy atom. The maximum Gasteiger partial charge on any atom is 0.508 e. The van der Waals surface area contributed by atoms with E-state index in [-0.39, 0.29) is 96.7 Å². The molecule has 0 radical (unpaired) electrons. The van der Waals surface area contributed by atoms with Crippen molar-refractivity contribution in [2.24, 2.45) is 0 Å². The van der Waals surface area contributed by atoms with Crippen molar-refractivity contribution in [2.75, 3.05) is 31.7 Å². The highest BCUT2D eigenvalue weighted by Gasteiger charge is 2.41. The van der Waals surface area contributed by atoms with E-state index in [0.29, 0.717) is 6.42 Å². The van der Waals surface area contributed by atoms with Gasteiger partial charge in [-0.25, -0.2) is 29.5 Å². The quantitative estimate of drug-likeness (QED) is 0.0282. The van der Waals surface area contributed by atoms with Gasteiger partial charge < -0.3 is 28.0 Å². The van der Waals surface area contributed by atoms with Gasteiger partial charge in [0.25, 0.3) is 19.9 Å². The van der Waals surface area contributed by atoms with Crippen LogP contribution in [-0.4, -0.2) is 97.3 Å². The lowest BCUT2D eigenvalue weighted by Crippen LogP contribution is -2.46. The maximum absolute atomic E-state index is 12.8. The molecular weight excluding hydrogens is 843 g/mol. The molecule has 1 amide bonds. The van der Waals surface area contributed by atoms with Crippen LogP contribution in [0.5, 0.6) is 0 Å². The summed E-state index contributed by atoms with van der Waals surface area (Å²) >= 11 is 6.18. The molecule has 2 N–H and O–H groups in total. The zero-order chi connectivity index (χ0) is 44.1. The van der Waals surface area contributed by atoms with Crippen molar-refractivity contribution in [3.8, 4) is 6.07 Å². The Morgan fingerprint density at radius 1 is 1.02 bits per heavy atom. The minimum atomic E-state index is -1.87. The Balaban J connectivity index is 1.28. The highest BCUT2D eigenvalue weighted by molar-refractivity contribution is 7.44. The Hall–Kier alpha value is -5.66. The third-order valence-corrected chi connectivity index (χ3v) is 10.7. The fourth-order valence-electron chi connectivity index (χ4n) is 6.16. The van der Waals surface area contributed by atoms with Gasteiger partial charge in [0, 0.05) is 49.5 Å². The van der Waals surface area contributed by atoms with Crippen LogP contribution in [0.1, 0.15) is 57.9 Å². The molecule has 4 aromatic rings. The van der Waals surface area contributed by atoms with Crippen LogP contribution in [0.25, 0.3) is 11.2 Å². The summed E-state index contributed by atoms with van der Waals surface area (Å²) in [6, 6.07) is 12.3. The number of ether oxygens (including phenoxy) is 4. The van der Waals surface area contributed by atoms with E-state index < -0.39 is 49.1 Å². The Morgan fingerprint density at radius 3 is 2.44 bits per heavy atom. The number of halogens is 1. The predicted molar refractivity (Wildman–Crippen MR) is 218 cm³/mol. The molecule has 1 aliphatic rings. The fraction of sp³-hybridized carbons (Fsp3) is 0.459. The number of carbonyl (C=O) groups is 2. The molecule has 5 rings (SSSR count). The van der Waals surface area contributed by atoms with Gasteiger partial charge in [-0.2, -0.15) is 10.5 Å². The van der Waals surface area contributed by atoms with E-state index >= 15 is 0 Å². The second-order valence-corrected chi connectivity index (χ2v) is 15.4. The molecule has 1 unspecified atom stereocenters. The van der Waals surface area contributed by atoms with Crippen LogP contribution in [0, 0.1) is 31.6 Å². The smallest absolute Gasteiger partial charge is 0.449 e. The largest absolute Gasteiger partial charge is 0.508 e. The molecule has 1 fully saturated rings. The topological polar surface area (TPSA) is 270 Å². The van der Waals surface area contributed by atoms with Crippen molar-refractivity contribution in [1.82, 2.24) is 29.7 Å². The first-order valence-corrected chi connectivity index (χ1v) is 20.5. The Bertz CT molecular complexity index is 2180. The number of hydrazine groups is 1. The van der Waals surface area contributed by atoms with E-state index in [1.165, 1.54) is 43.0 Å². The molecule has 0 aliphatic carbocycles. The molecule has 1 saturated heterocycles. The minimum absolute atomic E-state index is 0.0196. The van der Waals surface area contributed by atoms with Crippen molar-refractivity contribution < 1.29 is 47.4 Å². The molecular formula is C37H44ClN10O12P. The Labute approximate surface area is 355 Å². The SMILES string of the molecule is CC(C)N(NP(OCCC#N)O[C@H]1C[C@H](n2cnc3c(NC(=O)OCCc4ccc([N+](=O)[O-])cc4)ncnc32)O[C@@H]1COC(=O)OCCc1c(Cl)cccc1[N+](=O)[O-])C(C)C. The monoisotopic (exact) mass is 886 g/mol. The van der Waals surface area contributed by atoms with Gasteiger partial charge in [-0.3, -0.25) is 30.1 Å². The van der Waals surface area contributed by atoms with Gasteiger partial charge >= 0.3 is 12.2 Å². The number of nitriles is 1. The maximum atomic E-state index is 12.8. The summed E-state index contributed by atoms with van der Waals surface area (Å²) < 4.78 is 36.5. The van der Waals surface area contributed by atoms with Crippen LogP contribution in [0.2, 0.25) is 5.02 Å². The molecule has 0 saturated carbocycles. The number of anilines is 1. The summed E-state index contributed by atoms with van der Waals surface area (Å²) in [6.45, 7) is 7.43. The number of nitrogens with one attached hydrogen (secondary N) is 2. The lowest BCUT2D eigenvalue weighted by molar-refractivity contribution is -0.385. The van der Waals surface area contributed by atoms with E-state index in [0.717, 1.165) is 5.56 Å². The second kappa shape index (κ2) is 22.3. The zero-order valence-corrected chi connectivity index (χ0v) is 35.2. The van der Waals surface area contributed by atoms with Crippen LogP contribution >= 0.6 is 20.1 Å². The molecule has 2 aromatic carbocycles. The number of aromatic nitrogens is 4. The van der Waals surface area contributed by atoms with Crippen molar-refractivity contribution in [2.45, 2.75) is 83.9 Å².